The lowest BCUT2D eigenvalue weighted by Crippen LogP contribution is -2.09. The minimum atomic E-state index is 0.919. The van der Waals surface area contributed by atoms with Crippen LogP contribution in [0.25, 0.3) is 75.1 Å². The number of furan rings is 1. The van der Waals surface area contributed by atoms with Crippen molar-refractivity contribution >= 4 is 81.3 Å². The molecule has 49 heavy (non-hydrogen) atoms. The number of nitrogens with zero attached hydrogens (tertiary/aromatic N) is 1. The van der Waals surface area contributed by atoms with Crippen molar-refractivity contribution in [3.8, 4) is 22.3 Å². The Morgan fingerprint density at radius 1 is 0.429 bits per heavy atom. The van der Waals surface area contributed by atoms with Crippen molar-refractivity contribution in [3.05, 3.63) is 176 Å². The van der Waals surface area contributed by atoms with Gasteiger partial charge < -0.3 is 9.32 Å². The highest BCUT2D eigenvalue weighted by atomic mass is 32.1. The second-order valence-corrected chi connectivity index (χ2v) is 13.5. The van der Waals surface area contributed by atoms with Crippen LogP contribution >= 0.6 is 11.3 Å². The first-order valence-electron chi connectivity index (χ1n) is 16.6. The maximum absolute atomic E-state index is 6.63. The molecule has 0 bridgehead atoms. The molecular weight excluding hydrogens is 615 g/mol. The lowest BCUT2D eigenvalue weighted by atomic mass is 9.97. The summed E-state index contributed by atoms with van der Waals surface area (Å²) < 4.78 is 9.20. The first kappa shape index (κ1) is 27.9. The van der Waals surface area contributed by atoms with E-state index in [0.717, 1.165) is 44.7 Å². The van der Waals surface area contributed by atoms with Gasteiger partial charge in [-0.15, -0.1) is 11.3 Å². The van der Waals surface area contributed by atoms with Crippen molar-refractivity contribution in [3.63, 3.8) is 0 Å². The molecule has 3 heteroatoms. The Morgan fingerprint density at radius 3 is 1.80 bits per heavy atom. The molecule has 0 atom stereocenters. The largest absolute Gasteiger partial charge is 0.455 e. The molecular formula is C46H29NOS. The van der Waals surface area contributed by atoms with E-state index in [4.69, 9.17) is 4.42 Å². The Labute approximate surface area is 287 Å². The van der Waals surface area contributed by atoms with Crippen LogP contribution in [-0.2, 0) is 0 Å². The maximum Gasteiger partial charge on any atom is 0.144 e. The van der Waals surface area contributed by atoms with Gasteiger partial charge >= 0.3 is 0 Å². The van der Waals surface area contributed by atoms with E-state index < -0.39 is 0 Å². The number of fused-ring (bicyclic) bond motifs is 8. The van der Waals surface area contributed by atoms with Crippen LogP contribution in [0.1, 0.15) is 0 Å². The highest BCUT2D eigenvalue weighted by Gasteiger charge is 2.20. The third-order valence-electron chi connectivity index (χ3n) is 9.67. The smallest absolute Gasteiger partial charge is 0.144 e. The quantitative estimate of drug-likeness (QED) is 0.186. The molecule has 0 radical (unpaired) electrons. The Morgan fingerprint density at radius 2 is 1.02 bits per heavy atom. The van der Waals surface area contributed by atoms with Crippen LogP contribution in [0.3, 0.4) is 0 Å². The Hall–Kier alpha value is -6.16. The van der Waals surface area contributed by atoms with E-state index >= 15 is 0 Å². The van der Waals surface area contributed by atoms with E-state index in [1.165, 1.54) is 47.5 Å². The molecule has 2 heterocycles. The summed E-state index contributed by atoms with van der Waals surface area (Å²) in [7, 11) is 0. The van der Waals surface area contributed by atoms with Crippen molar-refractivity contribution in [2.75, 3.05) is 4.90 Å². The van der Waals surface area contributed by atoms with Gasteiger partial charge in [0.15, 0.2) is 0 Å². The van der Waals surface area contributed by atoms with Gasteiger partial charge in [0.2, 0.25) is 0 Å². The zero-order chi connectivity index (χ0) is 32.3. The molecule has 0 aliphatic rings. The van der Waals surface area contributed by atoms with Gasteiger partial charge in [0, 0.05) is 53.6 Å². The van der Waals surface area contributed by atoms with E-state index in [1.807, 2.05) is 17.4 Å². The first-order valence-corrected chi connectivity index (χ1v) is 17.4. The molecule has 8 aromatic carbocycles. The van der Waals surface area contributed by atoms with Crippen LogP contribution in [0.15, 0.2) is 180 Å². The molecule has 2 nitrogen and oxygen atoms in total. The summed E-state index contributed by atoms with van der Waals surface area (Å²) in [5, 5.41) is 7.44. The minimum Gasteiger partial charge on any atom is -0.455 e. The van der Waals surface area contributed by atoms with E-state index in [0.29, 0.717) is 0 Å². The fourth-order valence-corrected chi connectivity index (χ4v) is 8.60. The van der Waals surface area contributed by atoms with Crippen LogP contribution in [0.4, 0.5) is 17.1 Å². The van der Waals surface area contributed by atoms with Crippen molar-refractivity contribution in [1.82, 2.24) is 0 Å². The molecule has 0 unspecified atom stereocenters. The van der Waals surface area contributed by atoms with Gasteiger partial charge in [-0.3, -0.25) is 0 Å². The molecule has 0 saturated carbocycles. The second kappa shape index (κ2) is 11.2. The van der Waals surface area contributed by atoms with Crippen LogP contribution < -0.4 is 4.90 Å². The molecule has 10 aromatic rings. The fraction of sp³-hybridized carbons (Fsp3) is 0. The molecule has 0 aliphatic carbocycles. The number of thiophene rings is 1. The average Bonchev–Trinajstić information content (AvgIpc) is 3.74. The van der Waals surface area contributed by atoms with Gasteiger partial charge in [-0.25, -0.2) is 0 Å². The van der Waals surface area contributed by atoms with E-state index in [-0.39, 0.29) is 0 Å². The van der Waals surface area contributed by atoms with Gasteiger partial charge in [0.25, 0.3) is 0 Å². The molecule has 0 saturated heterocycles. The van der Waals surface area contributed by atoms with Crippen LogP contribution in [0.5, 0.6) is 0 Å². The number of rotatable bonds is 5. The summed E-state index contributed by atoms with van der Waals surface area (Å²) in [4.78, 5) is 2.32. The van der Waals surface area contributed by atoms with Gasteiger partial charge in [-0.1, -0.05) is 121 Å². The molecule has 0 fully saturated rings. The number of benzene rings is 8. The minimum absolute atomic E-state index is 0.919. The highest BCUT2D eigenvalue weighted by molar-refractivity contribution is 7.26. The lowest BCUT2D eigenvalue weighted by molar-refractivity contribution is 0.670. The number of hydrogen-bond donors (Lipinski definition) is 0. The Kier molecular flexibility index (Phi) is 6.39. The van der Waals surface area contributed by atoms with Gasteiger partial charge in [-0.05, 0) is 82.1 Å². The predicted molar refractivity (Wildman–Crippen MR) is 210 cm³/mol. The van der Waals surface area contributed by atoms with Crippen LogP contribution in [0.2, 0.25) is 0 Å². The Bertz CT molecular complexity index is 2800. The van der Waals surface area contributed by atoms with Gasteiger partial charge in [0.1, 0.15) is 11.2 Å². The maximum atomic E-state index is 6.63. The number of anilines is 3. The molecule has 2 aromatic heterocycles. The molecule has 0 spiro atoms. The average molecular weight is 644 g/mol. The van der Waals surface area contributed by atoms with E-state index in [9.17, 15) is 0 Å². The standard InChI is InChI=1S/C46H29NOS/c1-2-13-33(14-3-1)47(34-25-21-31(22-26-34)37-18-10-12-30-11-4-5-15-36(30)37)35-27-23-32(24-28-35)40-29-41-38-16-7-9-20-43(38)49-46(41)44-39-17-6-8-19-42(39)48-45(40)44/h1-29H. The zero-order valence-corrected chi connectivity index (χ0v) is 27.3. The summed E-state index contributed by atoms with van der Waals surface area (Å²) in [6.45, 7) is 0. The van der Waals surface area contributed by atoms with Crippen molar-refractivity contribution in [2.24, 2.45) is 0 Å². The predicted octanol–water partition coefficient (Wildman–Crippen LogP) is 13.9. The molecule has 0 amide bonds. The van der Waals surface area contributed by atoms with Crippen molar-refractivity contribution in [2.45, 2.75) is 0 Å². The summed E-state index contributed by atoms with van der Waals surface area (Å²) in [5.41, 5.74) is 9.86. The summed E-state index contributed by atoms with van der Waals surface area (Å²) in [5.74, 6) is 0. The third-order valence-corrected chi connectivity index (χ3v) is 10.9. The Balaban J connectivity index is 1.10. The lowest BCUT2D eigenvalue weighted by Gasteiger charge is -2.26. The third kappa shape index (κ3) is 4.55. The van der Waals surface area contributed by atoms with E-state index in [2.05, 4.69) is 175 Å². The normalized spacial score (nSPS) is 11.7. The topological polar surface area (TPSA) is 16.4 Å². The SMILES string of the molecule is c1ccc(N(c2ccc(-c3cccc4ccccc34)cc2)c2ccc(-c3cc4c5ccccc5sc4c4c3oc3ccccc34)cc2)cc1. The summed E-state index contributed by atoms with van der Waals surface area (Å²) in [6.07, 6.45) is 0. The number of para-hydroxylation sites is 2. The van der Waals surface area contributed by atoms with Gasteiger partial charge in [-0.2, -0.15) is 0 Å². The molecule has 0 N–H and O–H groups in total. The summed E-state index contributed by atoms with van der Waals surface area (Å²) in [6, 6.07) is 63.0. The van der Waals surface area contributed by atoms with Crippen molar-refractivity contribution < 1.29 is 4.42 Å². The van der Waals surface area contributed by atoms with E-state index in [1.54, 1.807) is 0 Å². The zero-order valence-electron chi connectivity index (χ0n) is 26.5. The number of hydrogen-bond acceptors (Lipinski definition) is 3. The fourth-order valence-electron chi connectivity index (χ4n) is 7.36. The molecule has 230 valence electrons. The monoisotopic (exact) mass is 643 g/mol. The van der Waals surface area contributed by atoms with Crippen LogP contribution in [0, 0.1) is 0 Å². The highest BCUT2D eigenvalue weighted by Crippen LogP contribution is 2.47. The molecule has 0 aliphatic heterocycles. The molecule has 10 rings (SSSR count). The summed E-state index contributed by atoms with van der Waals surface area (Å²) >= 11 is 1.85. The van der Waals surface area contributed by atoms with Gasteiger partial charge in [0.05, 0.1) is 0 Å². The second-order valence-electron chi connectivity index (χ2n) is 12.5. The van der Waals surface area contributed by atoms with Crippen LogP contribution in [-0.4, -0.2) is 0 Å². The first-order chi connectivity index (χ1) is 24.3. The van der Waals surface area contributed by atoms with Crippen molar-refractivity contribution in [1.29, 1.82) is 0 Å².